The third-order valence-corrected chi connectivity index (χ3v) is 1.84. The van der Waals surface area contributed by atoms with Gasteiger partial charge < -0.3 is 0 Å². The second-order valence-electron chi connectivity index (χ2n) is 2.51. The molecule has 0 aromatic heterocycles. The van der Waals surface area contributed by atoms with Crippen molar-refractivity contribution in [3.8, 4) is 0 Å². The number of hydrogen-bond donors (Lipinski definition) is 1. The molecule has 0 saturated heterocycles. The average Bonchev–Trinajstić information content (AvgIpc) is 2.15. The molecule has 0 bridgehead atoms. The van der Waals surface area contributed by atoms with Gasteiger partial charge >= 0.3 is 0 Å². The first-order valence-corrected chi connectivity index (χ1v) is 4.53. The Labute approximate surface area is 81.7 Å². The minimum absolute atomic E-state index is 0.0699. The van der Waals surface area contributed by atoms with Crippen LogP contribution in [0.4, 0.5) is 8.78 Å². The predicted molar refractivity (Wildman–Crippen MR) is 54.3 cm³/mol. The molecule has 1 aromatic carbocycles. The summed E-state index contributed by atoms with van der Waals surface area (Å²) >= 11 is 3.96. The molecular formula is C10H10F2S. The highest BCUT2D eigenvalue weighted by atomic mass is 32.1. The molecule has 0 fully saturated rings. The van der Waals surface area contributed by atoms with E-state index in [-0.39, 0.29) is 5.56 Å². The van der Waals surface area contributed by atoms with Gasteiger partial charge in [-0.3, -0.25) is 0 Å². The summed E-state index contributed by atoms with van der Waals surface area (Å²) in [5, 5.41) is 0. The van der Waals surface area contributed by atoms with E-state index in [4.69, 9.17) is 0 Å². The maximum Gasteiger partial charge on any atom is 0.264 e. The Morgan fingerprint density at radius 1 is 1.31 bits per heavy atom. The van der Waals surface area contributed by atoms with E-state index in [1.165, 1.54) is 6.07 Å². The van der Waals surface area contributed by atoms with Crippen molar-refractivity contribution in [2.24, 2.45) is 0 Å². The van der Waals surface area contributed by atoms with Gasteiger partial charge in [0, 0.05) is 11.3 Å². The van der Waals surface area contributed by atoms with Gasteiger partial charge in [-0.2, -0.15) is 12.6 Å². The van der Waals surface area contributed by atoms with E-state index in [0.29, 0.717) is 11.3 Å². The van der Waals surface area contributed by atoms with Crippen LogP contribution in [0.3, 0.4) is 0 Å². The highest BCUT2D eigenvalue weighted by Gasteiger charge is 2.09. The van der Waals surface area contributed by atoms with Crippen LogP contribution in [0.25, 0.3) is 6.08 Å². The van der Waals surface area contributed by atoms with Gasteiger partial charge in [-0.05, 0) is 5.56 Å². The largest absolute Gasteiger partial charge is 0.264 e. The SMILES string of the molecule is FC(F)c1ccccc1C=CCS. The molecule has 0 radical (unpaired) electrons. The molecule has 0 aliphatic carbocycles. The molecule has 0 saturated carbocycles. The fourth-order valence-electron chi connectivity index (χ4n) is 1.04. The molecule has 0 aliphatic heterocycles. The molecule has 0 spiro atoms. The van der Waals surface area contributed by atoms with Gasteiger partial charge in [-0.1, -0.05) is 36.4 Å². The summed E-state index contributed by atoms with van der Waals surface area (Å²) in [4.78, 5) is 0. The number of thiol groups is 1. The highest BCUT2D eigenvalue weighted by molar-refractivity contribution is 7.80. The topological polar surface area (TPSA) is 0 Å². The first-order valence-electron chi connectivity index (χ1n) is 3.90. The molecule has 0 aliphatic rings. The smallest absolute Gasteiger partial charge is 0.205 e. The Bertz CT molecular complexity index is 295. The Kier molecular flexibility index (Phi) is 3.96. The van der Waals surface area contributed by atoms with Crippen LogP contribution in [0, 0.1) is 0 Å². The highest BCUT2D eigenvalue weighted by Crippen LogP contribution is 2.23. The Balaban J connectivity index is 2.97. The van der Waals surface area contributed by atoms with Gasteiger partial charge in [-0.25, -0.2) is 8.78 Å². The van der Waals surface area contributed by atoms with Crippen LogP contribution in [0.5, 0.6) is 0 Å². The summed E-state index contributed by atoms with van der Waals surface area (Å²) in [5.41, 5.74) is 0.632. The lowest BCUT2D eigenvalue weighted by Gasteiger charge is -2.03. The summed E-state index contributed by atoms with van der Waals surface area (Å²) in [6.45, 7) is 0. The quantitative estimate of drug-likeness (QED) is 0.708. The second-order valence-corrected chi connectivity index (χ2v) is 2.88. The number of rotatable bonds is 3. The lowest BCUT2D eigenvalue weighted by atomic mass is 10.1. The lowest BCUT2D eigenvalue weighted by Crippen LogP contribution is -1.87. The molecule has 13 heavy (non-hydrogen) atoms. The molecule has 0 amide bonds. The summed E-state index contributed by atoms with van der Waals surface area (Å²) in [5.74, 6) is 0.553. The number of benzene rings is 1. The molecule has 0 N–H and O–H groups in total. The van der Waals surface area contributed by atoms with Crippen LogP contribution in [0.2, 0.25) is 0 Å². The van der Waals surface area contributed by atoms with Gasteiger partial charge in [-0.15, -0.1) is 0 Å². The standard InChI is InChI=1S/C10H10F2S/c11-10(12)9-6-2-1-4-8(9)5-3-7-13/h1-6,10,13H,7H2. The van der Waals surface area contributed by atoms with Crippen LogP contribution in [-0.2, 0) is 0 Å². The Hall–Kier alpha value is -0.830. The van der Waals surface area contributed by atoms with E-state index in [0.717, 1.165) is 0 Å². The third-order valence-electron chi connectivity index (χ3n) is 1.63. The van der Waals surface area contributed by atoms with E-state index in [1.54, 1.807) is 30.4 Å². The maximum absolute atomic E-state index is 12.4. The van der Waals surface area contributed by atoms with E-state index in [2.05, 4.69) is 12.6 Å². The summed E-state index contributed by atoms with van der Waals surface area (Å²) in [6, 6.07) is 6.45. The first-order chi connectivity index (χ1) is 6.25. The molecule has 0 atom stereocenters. The van der Waals surface area contributed by atoms with Gasteiger partial charge in [0.05, 0.1) is 0 Å². The van der Waals surface area contributed by atoms with Gasteiger partial charge in [0.25, 0.3) is 6.43 Å². The summed E-state index contributed by atoms with van der Waals surface area (Å²) in [6.07, 6.45) is 0.986. The molecular weight excluding hydrogens is 190 g/mol. The van der Waals surface area contributed by atoms with Crippen molar-refractivity contribution in [3.63, 3.8) is 0 Å². The number of alkyl halides is 2. The van der Waals surface area contributed by atoms with Crippen LogP contribution in [0.1, 0.15) is 17.6 Å². The Morgan fingerprint density at radius 3 is 2.62 bits per heavy atom. The van der Waals surface area contributed by atoms with Crippen molar-refractivity contribution in [3.05, 3.63) is 41.5 Å². The van der Waals surface area contributed by atoms with E-state index < -0.39 is 6.43 Å². The fourth-order valence-corrected chi connectivity index (χ4v) is 1.15. The van der Waals surface area contributed by atoms with Gasteiger partial charge in [0.2, 0.25) is 0 Å². The molecule has 1 rings (SSSR count). The van der Waals surface area contributed by atoms with Crippen LogP contribution in [0.15, 0.2) is 30.3 Å². The molecule has 70 valence electrons. The minimum Gasteiger partial charge on any atom is -0.205 e. The van der Waals surface area contributed by atoms with Crippen LogP contribution in [-0.4, -0.2) is 5.75 Å². The predicted octanol–water partition coefficient (Wildman–Crippen LogP) is 3.57. The van der Waals surface area contributed by atoms with E-state index in [1.807, 2.05) is 0 Å². The van der Waals surface area contributed by atoms with Crippen LogP contribution >= 0.6 is 12.6 Å². The van der Waals surface area contributed by atoms with Gasteiger partial charge in [0.15, 0.2) is 0 Å². The molecule has 1 aromatic rings. The van der Waals surface area contributed by atoms with Crippen molar-refractivity contribution >= 4 is 18.7 Å². The molecule has 0 unspecified atom stereocenters. The van der Waals surface area contributed by atoms with Gasteiger partial charge in [0.1, 0.15) is 0 Å². The normalized spacial score (nSPS) is 11.4. The van der Waals surface area contributed by atoms with Crippen molar-refractivity contribution < 1.29 is 8.78 Å². The first kappa shape index (κ1) is 10.3. The average molecular weight is 200 g/mol. The third kappa shape index (κ3) is 2.84. The zero-order valence-electron chi connectivity index (χ0n) is 6.95. The zero-order valence-corrected chi connectivity index (χ0v) is 7.85. The fraction of sp³-hybridized carbons (Fsp3) is 0.200. The summed E-state index contributed by atoms with van der Waals surface area (Å²) in [7, 11) is 0. The maximum atomic E-state index is 12.4. The van der Waals surface area contributed by atoms with Crippen molar-refractivity contribution in [2.45, 2.75) is 6.43 Å². The second kappa shape index (κ2) is 5.02. The number of hydrogen-bond acceptors (Lipinski definition) is 1. The zero-order chi connectivity index (χ0) is 9.68. The summed E-state index contributed by atoms with van der Waals surface area (Å²) < 4.78 is 24.8. The number of halogens is 2. The van der Waals surface area contributed by atoms with E-state index in [9.17, 15) is 8.78 Å². The van der Waals surface area contributed by atoms with Crippen molar-refractivity contribution in [1.29, 1.82) is 0 Å². The lowest BCUT2D eigenvalue weighted by molar-refractivity contribution is 0.151. The van der Waals surface area contributed by atoms with Crippen LogP contribution < -0.4 is 0 Å². The minimum atomic E-state index is -2.42. The molecule has 3 heteroatoms. The monoisotopic (exact) mass is 200 g/mol. The van der Waals surface area contributed by atoms with E-state index >= 15 is 0 Å². The van der Waals surface area contributed by atoms with Crippen molar-refractivity contribution in [1.82, 2.24) is 0 Å². The molecule has 0 heterocycles. The Morgan fingerprint density at radius 2 is 2.00 bits per heavy atom. The molecule has 0 nitrogen and oxygen atoms in total. The van der Waals surface area contributed by atoms with Crippen molar-refractivity contribution in [2.75, 3.05) is 5.75 Å².